The average Bonchev–Trinajstić information content (AvgIpc) is 3.00. The number of carbonyl (C=O) groups is 2. The number of ether oxygens (including phenoxy) is 1. The number of hydrogen-bond acceptors (Lipinski definition) is 3. The Balaban J connectivity index is 1.75. The van der Waals surface area contributed by atoms with Gasteiger partial charge >= 0.3 is 0 Å². The Morgan fingerprint density at radius 3 is 2.85 bits per heavy atom. The van der Waals surface area contributed by atoms with Gasteiger partial charge in [-0.05, 0) is 31.5 Å². The molecule has 5 nitrogen and oxygen atoms in total. The van der Waals surface area contributed by atoms with E-state index in [1.54, 1.807) is 25.1 Å². The van der Waals surface area contributed by atoms with E-state index >= 15 is 0 Å². The van der Waals surface area contributed by atoms with Crippen molar-refractivity contribution in [3.63, 3.8) is 0 Å². The van der Waals surface area contributed by atoms with Gasteiger partial charge < -0.3 is 15.4 Å². The number of alkyl halides is 2. The molecule has 1 fully saturated rings. The van der Waals surface area contributed by atoms with Crippen LogP contribution in [-0.4, -0.2) is 22.3 Å². The molecule has 1 heterocycles. The Hall–Kier alpha value is -1.46. The van der Waals surface area contributed by atoms with E-state index in [0.717, 1.165) is 0 Å². The lowest BCUT2D eigenvalue weighted by atomic mass is 10.2. The number of fused-ring (bicyclic) bond motifs is 1. The molecule has 2 N–H and O–H groups in total. The number of halogens is 2. The molecule has 7 heteroatoms. The van der Waals surface area contributed by atoms with Crippen LogP contribution < -0.4 is 15.4 Å². The third-order valence-corrected chi connectivity index (χ3v) is 4.16. The minimum Gasteiger partial charge on any atom is -0.479 e. The highest BCUT2D eigenvalue weighted by molar-refractivity contribution is 6.52. The highest BCUT2D eigenvalue weighted by atomic mass is 35.5. The molecule has 3 rings (SSSR count). The zero-order valence-corrected chi connectivity index (χ0v) is 12.1. The molecule has 20 heavy (non-hydrogen) atoms. The van der Waals surface area contributed by atoms with Crippen LogP contribution in [0, 0.1) is 5.92 Å². The van der Waals surface area contributed by atoms with Crippen LogP contribution in [0.3, 0.4) is 0 Å². The Morgan fingerprint density at radius 2 is 2.20 bits per heavy atom. The van der Waals surface area contributed by atoms with Crippen molar-refractivity contribution in [1.29, 1.82) is 0 Å². The van der Waals surface area contributed by atoms with Crippen molar-refractivity contribution in [3.8, 4) is 5.75 Å². The predicted molar refractivity (Wildman–Crippen MR) is 76.3 cm³/mol. The number of anilines is 2. The van der Waals surface area contributed by atoms with Gasteiger partial charge in [-0.1, -0.05) is 0 Å². The number of carbonyl (C=O) groups excluding carboxylic acids is 2. The van der Waals surface area contributed by atoms with Crippen LogP contribution in [0.25, 0.3) is 0 Å². The molecule has 1 aliphatic heterocycles. The first-order valence-electron chi connectivity index (χ1n) is 6.17. The average molecular weight is 315 g/mol. The van der Waals surface area contributed by atoms with Gasteiger partial charge in [0.05, 0.1) is 11.6 Å². The summed E-state index contributed by atoms with van der Waals surface area (Å²) in [5, 5.41) is 5.44. The Morgan fingerprint density at radius 1 is 1.50 bits per heavy atom. The molecular weight excluding hydrogens is 303 g/mol. The highest BCUT2D eigenvalue weighted by Crippen LogP contribution is 2.53. The van der Waals surface area contributed by atoms with Gasteiger partial charge in [-0.2, -0.15) is 0 Å². The topological polar surface area (TPSA) is 67.4 Å². The number of benzene rings is 1. The van der Waals surface area contributed by atoms with Gasteiger partial charge in [0.1, 0.15) is 10.1 Å². The minimum absolute atomic E-state index is 0.219. The molecule has 0 aromatic heterocycles. The number of nitrogens with one attached hydrogen (secondary N) is 2. The van der Waals surface area contributed by atoms with E-state index in [1.807, 2.05) is 0 Å². The van der Waals surface area contributed by atoms with Crippen molar-refractivity contribution >= 4 is 46.4 Å². The molecule has 106 valence electrons. The summed E-state index contributed by atoms with van der Waals surface area (Å²) in [6.45, 7) is 1.67. The molecule has 1 saturated carbocycles. The van der Waals surface area contributed by atoms with Gasteiger partial charge in [0, 0.05) is 5.69 Å². The molecule has 0 unspecified atom stereocenters. The van der Waals surface area contributed by atoms with Gasteiger partial charge in [-0.25, -0.2) is 0 Å². The summed E-state index contributed by atoms with van der Waals surface area (Å²) < 4.78 is 4.48. The summed E-state index contributed by atoms with van der Waals surface area (Å²) >= 11 is 11.7. The van der Waals surface area contributed by atoms with Crippen LogP contribution in [0.15, 0.2) is 18.2 Å². The van der Waals surface area contributed by atoms with Crippen LogP contribution in [0.5, 0.6) is 5.75 Å². The van der Waals surface area contributed by atoms with Gasteiger partial charge in [-0.15, -0.1) is 23.2 Å². The number of rotatable bonds is 2. The SMILES string of the molecule is C[C@H]1Oc2ccc(NC(=O)[C@H]3CC3(Cl)Cl)cc2NC1=O. The fraction of sp³-hybridized carbons (Fsp3) is 0.385. The van der Waals surface area contributed by atoms with E-state index in [9.17, 15) is 9.59 Å². The molecule has 2 atom stereocenters. The minimum atomic E-state index is -0.953. The molecular formula is C13H12Cl2N2O3. The third kappa shape index (κ3) is 2.43. The maximum atomic E-state index is 11.9. The molecule has 0 saturated heterocycles. The Labute approximate surface area is 125 Å². The molecule has 1 aliphatic carbocycles. The van der Waals surface area contributed by atoms with Crippen molar-refractivity contribution in [3.05, 3.63) is 18.2 Å². The van der Waals surface area contributed by atoms with Crippen LogP contribution in [0.4, 0.5) is 11.4 Å². The normalized spacial score (nSPS) is 26.1. The second-order valence-electron chi connectivity index (χ2n) is 4.97. The van der Waals surface area contributed by atoms with Crippen LogP contribution in [0.2, 0.25) is 0 Å². The Bertz CT molecular complexity index is 603. The third-order valence-electron chi connectivity index (χ3n) is 3.32. The van der Waals surface area contributed by atoms with E-state index in [4.69, 9.17) is 27.9 Å². The summed E-state index contributed by atoms with van der Waals surface area (Å²) in [6, 6.07) is 5.04. The number of amides is 2. The first-order valence-corrected chi connectivity index (χ1v) is 6.93. The van der Waals surface area contributed by atoms with E-state index in [1.165, 1.54) is 0 Å². The predicted octanol–water partition coefficient (Wildman–Crippen LogP) is 2.54. The first kappa shape index (κ1) is 13.5. The monoisotopic (exact) mass is 314 g/mol. The lowest BCUT2D eigenvalue weighted by Crippen LogP contribution is -2.34. The fourth-order valence-corrected chi connectivity index (χ4v) is 2.52. The first-order chi connectivity index (χ1) is 9.37. The van der Waals surface area contributed by atoms with Gasteiger partial charge in [0.2, 0.25) is 5.91 Å². The summed E-state index contributed by atoms with van der Waals surface area (Å²) in [5.41, 5.74) is 1.09. The zero-order chi connectivity index (χ0) is 14.5. The molecule has 2 aliphatic rings. The fourth-order valence-electron chi connectivity index (χ4n) is 2.01. The lowest BCUT2D eigenvalue weighted by molar-refractivity contribution is -0.122. The molecule has 1 aromatic carbocycles. The molecule has 0 bridgehead atoms. The summed E-state index contributed by atoms with van der Waals surface area (Å²) in [4.78, 5) is 23.4. The van der Waals surface area contributed by atoms with E-state index in [-0.39, 0.29) is 11.8 Å². The highest BCUT2D eigenvalue weighted by Gasteiger charge is 2.56. The largest absolute Gasteiger partial charge is 0.479 e. The molecule has 0 spiro atoms. The van der Waals surface area contributed by atoms with Gasteiger partial charge in [0.25, 0.3) is 5.91 Å². The maximum absolute atomic E-state index is 11.9. The number of hydrogen-bond donors (Lipinski definition) is 2. The molecule has 2 amide bonds. The quantitative estimate of drug-likeness (QED) is 0.824. The lowest BCUT2D eigenvalue weighted by Gasteiger charge is -2.23. The zero-order valence-electron chi connectivity index (χ0n) is 10.6. The molecule has 0 radical (unpaired) electrons. The second kappa shape index (κ2) is 4.53. The summed E-state index contributed by atoms with van der Waals surface area (Å²) in [6.07, 6.45) is -0.0768. The van der Waals surface area contributed by atoms with E-state index < -0.39 is 16.4 Å². The van der Waals surface area contributed by atoms with Gasteiger partial charge in [0.15, 0.2) is 6.10 Å². The van der Waals surface area contributed by atoms with Crippen LogP contribution in [0.1, 0.15) is 13.3 Å². The van der Waals surface area contributed by atoms with Crippen molar-refractivity contribution in [2.45, 2.75) is 23.8 Å². The van der Waals surface area contributed by atoms with E-state index in [0.29, 0.717) is 23.5 Å². The summed E-state index contributed by atoms with van der Waals surface area (Å²) in [7, 11) is 0. The van der Waals surface area contributed by atoms with Crippen molar-refractivity contribution in [2.75, 3.05) is 10.6 Å². The maximum Gasteiger partial charge on any atom is 0.265 e. The van der Waals surface area contributed by atoms with E-state index in [2.05, 4.69) is 10.6 Å². The van der Waals surface area contributed by atoms with Crippen LogP contribution >= 0.6 is 23.2 Å². The van der Waals surface area contributed by atoms with Gasteiger partial charge in [-0.3, -0.25) is 9.59 Å². The second-order valence-corrected chi connectivity index (χ2v) is 6.51. The smallest absolute Gasteiger partial charge is 0.265 e. The van der Waals surface area contributed by atoms with Crippen molar-refractivity contribution in [1.82, 2.24) is 0 Å². The molecule has 1 aromatic rings. The summed E-state index contributed by atoms with van der Waals surface area (Å²) in [5.74, 6) is -0.270. The Kier molecular flexibility index (Phi) is 3.06. The van der Waals surface area contributed by atoms with Crippen molar-refractivity contribution < 1.29 is 14.3 Å². The standard InChI is InChI=1S/C13H12Cl2N2O3/c1-6-11(18)17-9-4-7(2-3-10(9)20-6)16-12(19)8-5-13(8,14)15/h2-4,6,8H,5H2,1H3,(H,16,19)(H,17,18)/t6-,8-/m1/s1. The van der Waals surface area contributed by atoms with Crippen molar-refractivity contribution in [2.24, 2.45) is 5.92 Å². The van der Waals surface area contributed by atoms with Crippen LogP contribution in [-0.2, 0) is 9.59 Å².